The summed E-state index contributed by atoms with van der Waals surface area (Å²) in [4.78, 5) is 16.0. The number of phenolic OH excluding ortho intramolecular Hbond substituents is 1. The van der Waals surface area contributed by atoms with Gasteiger partial charge < -0.3 is 15.3 Å². The van der Waals surface area contributed by atoms with Crippen molar-refractivity contribution in [1.82, 2.24) is 5.32 Å². The summed E-state index contributed by atoms with van der Waals surface area (Å²) >= 11 is 0. The minimum Gasteiger partial charge on any atom is -0.508 e. The van der Waals surface area contributed by atoms with Crippen LogP contribution < -0.4 is 5.32 Å². The number of nitrogens with zero attached hydrogens (tertiary/aromatic N) is 1. The molecule has 0 aliphatic carbocycles. The summed E-state index contributed by atoms with van der Waals surface area (Å²) in [5, 5.41) is 15.4. The molecular weight excluding hydrogens is 208 g/mol. The monoisotopic (exact) mass is 222 g/mol. The number of oxime groups is 1. The Bertz CT molecular complexity index is 402. The quantitative estimate of drug-likeness (QED) is 0.581. The topological polar surface area (TPSA) is 70.9 Å². The maximum atomic E-state index is 11.4. The van der Waals surface area contributed by atoms with Crippen molar-refractivity contribution in [3.05, 3.63) is 29.8 Å². The summed E-state index contributed by atoms with van der Waals surface area (Å²) < 4.78 is 0. The van der Waals surface area contributed by atoms with E-state index in [-0.39, 0.29) is 17.4 Å². The predicted octanol–water partition coefficient (Wildman–Crippen LogP) is 0.683. The first-order chi connectivity index (χ1) is 7.67. The average Bonchev–Trinajstić information content (AvgIpc) is 2.27. The minimum absolute atomic E-state index is 0.158. The molecule has 0 heterocycles. The second kappa shape index (κ2) is 5.75. The lowest BCUT2D eigenvalue weighted by Gasteiger charge is -2.04. The number of carbonyl (C=O) groups is 1. The number of nitrogens with one attached hydrogen (secondary N) is 1. The Kier molecular flexibility index (Phi) is 4.32. The van der Waals surface area contributed by atoms with Gasteiger partial charge in [-0.25, -0.2) is 0 Å². The average molecular weight is 222 g/mol. The zero-order chi connectivity index (χ0) is 12.0. The Morgan fingerprint density at radius 1 is 1.56 bits per heavy atom. The third kappa shape index (κ3) is 3.27. The first-order valence-electron chi connectivity index (χ1n) is 4.77. The van der Waals surface area contributed by atoms with E-state index in [1.165, 1.54) is 14.2 Å². The highest BCUT2D eigenvalue weighted by atomic mass is 16.6. The first-order valence-corrected chi connectivity index (χ1v) is 4.77. The maximum absolute atomic E-state index is 11.4. The fraction of sp³-hybridized carbons (Fsp3) is 0.273. The summed E-state index contributed by atoms with van der Waals surface area (Å²) in [6.45, 7) is 0. The molecule has 2 N–H and O–H groups in total. The van der Waals surface area contributed by atoms with Crippen molar-refractivity contribution in [2.75, 3.05) is 14.2 Å². The van der Waals surface area contributed by atoms with Crippen LogP contribution in [-0.2, 0) is 16.1 Å². The molecule has 1 aromatic rings. The van der Waals surface area contributed by atoms with Crippen LogP contribution in [0.25, 0.3) is 0 Å². The molecule has 0 radical (unpaired) electrons. The molecule has 0 fully saturated rings. The second-order valence-electron chi connectivity index (χ2n) is 3.15. The molecule has 0 saturated heterocycles. The van der Waals surface area contributed by atoms with Gasteiger partial charge in [0.2, 0.25) is 0 Å². The molecule has 0 bridgehead atoms. The van der Waals surface area contributed by atoms with E-state index in [1.807, 2.05) is 0 Å². The van der Waals surface area contributed by atoms with Crippen LogP contribution in [0.3, 0.4) is 0 Å². The van der Waals surface area contributed by atoms with Crippen LogP contribution in [0, 0.1) is 0 Å². The third-order valence-corrected chi connectivity index (χ3v) is 1.97. The predicted molar refractivity (Wildman–Crippen MR) is 60.3 cm³/mol. The van der Waals surface area contributed by atoms with E-state index in [9.17, 15) is 9.90 Å². The van der Waals surface area contributed by atoms with Crippen LogP contribution in [0.1, 0.15) is 5.56 Å². The van der Waals surface area contributed by atoms with Gasteiger partial charge in [0, 0.05) is 13.5 Å². The molecule has 0 atom stereocenters. The largest absolute Gasteiger partial charge is 0.508 e. The Balaban J connectivity index is 2.84. The summed E-state index contributed by atoms with van der Waals surface area (Å²) in [6.07, 6.45) is 0.307. The summed E-state index contributed by atoms with van der Waals surface area (Å²) in [5.74, 6) is -0.142. The molecule has 86 valence electrons. The van der Waals surface area contributed by atoms with Crippen molar-refractivity contribution in [3.63, 3.8) is 0 Å². The lowest BCUT2D eigenvalue weighted by atomic mass is 10.1. The van der Waals surface area contributed by atoms with Crippen molar-refractivity contribution in [2.45, 2.75) is 6.42 Å². The van der Waals surface area contributed by atoms with Crippen molar-refractivity contribution >= 4 is 11.6 Å². The van der Waals surface area contributed by atoms with Gasteiger partial charge in [0.25, 0.3) is 5.91 Å². The van der Waals surface area contributed by atoms with Gasteiger partial charge in [-0.1, -0.05) is 17.3 Å². The van der Waals surface area contributed by atoms with Gasteiger partial charge in [-0.3, -0.25) is 4.79 Å². The fourth-order valence-electron chi connectivity index (χ4n) is 1.27. The number of benzene rings is 1. The molecule has 0 unspecified atom stereocenters. The zero-order valence-corrected chi connectivity index (χ0v) is 9.23. The summed E-state index contributed by atoms with van der Waals surface area (Å²) in [6, 6.07) is 6.65. The molecule has 5 nitrogen and oxygen atoms in total. The van der Waals surface area contributed by atoms with Crippen LogP contribution in [-0.4, -0.2) is 30.9 Å². The lowest BCUT2D eigenvalue weighted by Crippen LogP contribution is -2.29. The molecule has 0 aliphatic heterocycles. The van der Waals surface area contributed by atoms with Gasteiger partial charge in [-0.05, 0) is 17.7 Å². The van der Waals surface area contributed by atoms with E-state index in [0.29, 0.717) is 6.42 Å². The maximum Gasteiger partial charge on any atom is 0.269 e. The number of aromatic hydroxyl groups is 1. The molecule has 0 aromatic heterocycles. The SMILES string of the molecule is CNC(=O)C(Cc1cccc(O)c1)=NOC. The minimum atomic E-state index is -0.301. The van der Waals surface area contributed by atoms with E-state index in [4.69, 9.17) is 0 Å². The zero-order valence-electron chi connectivity index (χ0n) is 9.23. The van der Waals surface area contributed by atoms with Gasteiger partial charge in [-0.15, -0.1) is 0 Å². The van der Waals surface area contributed by atoms with E-state index >= 15 is 0 Å². The van der Waals surface area contributed by atoms with Gasteiger partial charge in [0.05, 0.1) is 0 Å². The van der Waals surface area contributed by atoms with Crippen molar-refractivity contribution in [3.8, 4) is 5.75 Å². The van der Waals surface area contributed by atoms with E-state index < -0.39 is 0 Å². The number of hydrogen-bond donors (Lipinski definition) is 2. The smallest absolute Gasteiger partial charge is 0.269 e. The molecular formula is C11H14N2O3. The van der Waals surface area contributed by atoms with Crippen molar-refractivity contribution in [1.29, 1.82) is 0 Å². The number of phenols is 1. The van der Waals surface area contributed by atoms with Crippen LogP contribution in [0.5, 0.6) is 5.75 Å². The second-order valence-corrected chi connectivity index (χ2v) is 3.15. The van der Waals surface area contributed by atoms with E-state index in [0.717, 1.165) is 5.56 Å². The molecule has 0 aliphatic rings. The van der Waals surface area contributed by atoms with Crippen molar-refractivity contribution in [2.24, 2.45) is 5.16 Å². The normalized spacial score (nSPS) is 11.0. The molecule has 5 heteroatoms. The Hall–Kier alpha value is -2.04. The Labute approximate surface area is 93.7 Å². The number of carbonyl (C=O) groups excluding carboxylic acids is 1. The third-order valence-electron chi connectivity index (χ3n) is 1.97. The molecule has 16 heavy (non-hydrogen) atoms. The standard InChI is InChI=1S/C11H14N2O3/c1-12-11(15)10(13-16-2)7-8-4-3-5-9(14)6-8/h3-6,14H,7H2,1-2H3,(H,12,15). The van der Waals surface area contributed by atoms with Gasteiger partial charge in [0.15, 0.2) is 0 Å². The molecule has 1 amide bonds. The molecule has 0 saturated carbocycles. The van der Waals surface area contributed by atoms with Crippen molar-refractivity contribution < 1.29 is 14.7 Å². The first kappa shape index (κ1) is 12.0. The molecule has 1 rings (SSSR count). The van der Waals surface area contributed by atoms with Crippen LogP contribution in [0.15, 0.2) is 29.4 Å². The summed E-state index contributed by atoms with van der Waals surface area (Å²) in [7, 11) is 2.90. The number of hydrogen-bond acceptors (Lipinski definition) is 4. The van der Waals surface area contributed by atoms with Crippen LogP contribution in [0.2, 0.25) is 0 Å². The lowest BCUT2D eigenvalue weighted by molar-refractivity contribution is -0.114. The van der Waals surface area contributed by atoms with Crippen LogP contribution in [0.4, 0.5) is 0 Å². The molecule has 0 spiro atoms. The number of amides is 1. The Morgan fingerprint density at radius 3 is 2.88 bits per heavy atom. The van der Waals surface area contributed by atoms with Gasteiger partial charge in [-0.2, -0.15) is 0 Å². The fourth-order valence-corrected chi connectivity index (χ4v) is 1.27. The highest BCUT2D eigenvalue weighted by Gasteiger charge is 2.11. The van der Waals surface area contributed by atoms with Crippen LogP contribution >= 0.6 is 0 Å². The van der Waals surface area contributed by atoms with E-state index in [1.54, 1.807) is 24.3 Å². The highest BCUT2D eigenvalue weighted by Crippen LogP contribution is 2.11. The van der Waals surface area contributed by atoms with Gasteiger partial charge >= 0.3 is 0 Å². The highest BCUT2D eigenvalue weighted by molar-refractivity contribution is 6.39. The van der Waals surface area contributed by atoms with E-state index in [2.05, 4.69) is 15.3 Å². The molecule has 1 aromatic carbocycles. The summed E-state index contributed by atoms with van der Waals surface area (Å²) in [5.41, 5.74) is 1.05. The Morgan fingerprint density at radius 2 is 2.31 bits per heavy atom. The number of rotatable bonds is 4. The van der Waals surface area contributed by atoms with Gasteiger partial charge in [0.1, 0.15) is 18.6 Å².